The molecule has 0 saturated heterocycles. The van der Waals surface area contributed by atoms with Crippen LogP contribution in [0.1, 0.15) is 51.0 Å². The fraction of sp³-hybridized carbons (Fsp3) is 0.556. The van der Waals surface area contributed by atoms with E-state index in [1.54, 1.807) is 0 Å². The molecule has 0 aliphatic rings. The van der Waals surface area contributed by atoms with Crippen molar-refractivity contribution >= 4 is 27.9 Å². The van der Waals surface area contributed by atoms with Crippen LogP contribution in [0.3, 0.4) is 0 Å². The summed E-state index contributed by atoms with van der Waals surface area (Å²) in [5.74, 6) is 0. The van der Waals surface area contributed by atoms with Crippen molar-refractivity contribution < 1.29 is 0 Å². The minimum atomic E-state index is 0. The highest BCUT2D eigenvalue weighted by Crippen LogP contribution is 2.17. The van der Waals surface area contributed by atoms with Crippen LogP contribution in [0.25, 0.3) is 10.9 Å². The van der Waals surface area contributed by atoms with Gasteiger partial charge in [0.2, 0.25) is 0 Å². The van der Waals surface area contributed by atoms with Gasteiger partial charge in [-0.3, -0.25) is 0 Å². The first kappa shape index (κ1) is 18.2. The Balaban J connectivity index is 0.00000220. The number of hydrogen-bond donors (Lipinski definition) is 2. The molecule has 118 valence electrons. The smallest absolute Gasteiger partial charge is 0.0456 e. The fourth-order valence-electron chi connectivity index (χ4n) is 2.72. The highest BCUT2D eigenvalue weighted by molar-refractivity contribution is 8.93. The van der Waals surface area contributed by atoms with E-state index in [2.05, 4.69) is 47.7 Å². The molecule has 3 heteroatoms. The maximum absolute atomic E-state index is 3.57. The van der Waals surface area contributed by atoms with E-state index in [1.165, 1.54) is 55.0 Å². The van der Waals surface area contributed by atoms with Crippen molar-refractivity contribution in [2.75, 3.05) is 13.1 Å². The van der Waals surface area contributed by atoms with Gasteiger partial charge in [0.1, 0.15) is 0 Å². The number of benzene rings is 1. The van der Waals surface area contributed by atoms with E-state index in [0.717, 1.165) is 19.5 Å². The Morgan fingerprint density at radius 1 is 0.952 bits per heavy atom. The van der Waals surface area contributed by atoms with E-state index < -0.39 is 0 Å². The molecular formula is C18H29BrN2. The number of aromatic amines is 1. The zero-order valence-corrected chi connectivity index (χ0v) is 14.9. The molecule has 1 aromatic heterocycles. The van der Waals surface area contributed by atoms with Crippen molar-refractivity contribution in [3.63, 3.8) is 0 Å². The van der Waals surface area contributed by atoms with Crippen LogP contribution in [0.5, 0.6) is 0 Å². The molecule has 1 heterocycles. The van der Waals surface area contributed by atoms with Crippen LogP contribution in [0, 0.1) is 0 Å². The number of H-pyrrole nitrogens is 1. The topological polar surface area (TPSA) is 27.8 Å². The average Bonchev–Trinajstić information content (AvgIpc) is 2.89. The Kier molecular flexibility index (Phi) is 9.44. The summed E-state index contributed by atoms with van der Waals surface area (Å²) in [7, 11) is 0. The fourth-order valence-corrected chi connectivity index (χ4v) is 2.72. The summed E-state index contributed by atoms with van der Waals surface area (Å²) in [5, 5.41) is 4.93. The maximum Gasteiger partial charge on any atom is 0.0456 e. The van der Waals surface area contributed by atoms with Crippen LogP contribution >= 0.6 is 17.0 Å². The van der Waals surface area contributed by atoms with Crippen LogP contribution in [-0.2, 0) is 6.42 Å². The van der Waals surface area contributed by atoms with Gasteiger partial charge in [-0.15, -0.1) is 17.0 Å². The Hall–Kier alpha value is -0.800. The zero-order valence-electron chi connectivity index (χ0n) is 13.2. The number of nitrogens with one attached hydrogen (secondary N) is 2. The molecule has 0 radical (unpaired) electrons. The van der Waals surface area contributed by atoms with E-state index in [0.29, 0.717) is 0 Å². The minimum absolute atomic E-state index is 0. The third kappa shape index (κ3) is 6.23. The van der Waals surface area contributed by atoms with Crippen LogP contribution in [-0.4, -0.2) is 18.1 Å². The monoisotopic (exact) mass is 352 g/mol. The largest absolute Gasteiger partial charge is 0.361 e. The van der Waals surface area contributed by atoms with Crippen molar-refractivity contribution in [1.29, 1.82) is 0 Å². The van der Waals surface area contributed by atoms with Crippen molar-refractivity contribution in [3.05, 3.63) is 36.0 Å². The molecule has 2 N–H and O–H groups in total. The Bertz CT molecular complexity index is 493. The molecule has 1 aromatic carbocycles. The first-order valence-corrected chi connectivity index (χ1v) is 8.17. The molecule has 2 nitrogen and oxygen atoms in total. The third-order valence-corrected chi connectivity index (χ3v) is 3.95. The lowest BCUT2D eigenvalue weighted by Gasteiger charge is -2.04. The number of fused-ring (bicyclic) bond motifs is 1. The third-order valence-electron chi connectivity index (χ3n) is 3.95. The molecule has 0 saturated carbocycles. The van der Waals surface area contributed by atoms with Crippen LogP contribution in [0.4, 0.5) is 0 Å². The molecule has 0 amide bonds. The van der Waals surface area contributed by atoms with Gasteiger partial charge in [-0.1, -0.05) is 57.2 Å². The van der Waals surface area contributed by atoms with Crippen LogP contribution < -0.4 is 5.32 Å². The quantitative estimate of drug-likeness (QED) is 0.562. The average molecular weight is 353 g/mol. The molecule has 0 fully saturated rings. The first-order valence-electron chi connectivity index (χ1n) is 8.17. The van der Waals surface area contributed by atoms with Gasteiger partial charge in [0.15, 0.2) is 0 Å². The molecule has 2 rings (SSSR count). The van der Waals surface area contributed by atoms with E-state index in [1.807, 2.05) is 0 Å². The van der Waals surface area contributed by atoms with Crippen molar-refractivity contribution in [1.82, 2.24) is 10.3 Å². The number of hydrogen-bond acceptors (Lipinski definition) is 1. The summed E-state index contributed by atoms with van der Waals surface area (Å²) in [4.78, 5) is 3.34. The molecule has 21 heavy (non-hydrogen) atoms. The lowest BCUT2D eigenvalue weighted by atomic mass is 10.1. The summed E-state index contributed by atoms with van der Waals surface area (Å²) in [6.45, 7) is 4.51. The SMILES string of the molecule is Br.CCCCCCCCNCCc1c[nH]c2ccccc12. The summed E-state index contributed by atoms with van der Waals surface area (Å²) >= 11 is 0. The van der Waals surface area contributed by atoms with E-state index >= 15 is 0 Å². The molecule has 0 unspecified atom stereocenters. The van der Waals surface area contributed by atoms with E-state index in [-0.39, 0.29) is 17.0 Å². The summed E-state index contributed by atoms with van der Waals surface area (Å²) in [6.07, 6.45) is 11.5. The number of aromatic nitrogens is 1. The van der Waals surface area contributed by atoms with Gasteiger partial charge in [0.25, 0.3) is 0 Å². The standard InChI is InChI=1S/C18H28N2.BrH/c1-2-3-4-5-6-9-13-19-14-12-16-15-20-18-11-8-7-10-17(16)18;/h7-8,10-11,15,19-20H,2-6,9,12-14H2,1H3;1H. The summed E-state index contributed by atoms with van der Waals surface area (Å²) < 4.78 is 0. The van der Waals surface area contributed by atoms with Crippen molar-refractivity contribution in [2.45, 2.75) is 51.9 Å². The Morgan fingerprint density at radius 3 is 2.57 bits per heavy atom. The molecule has 2 aromatic rings. The molecular weight excluding hydrogens is 324 g/mol. The minimum Gasteiger partial charge on any atom is -0.361 e. The van der Waals surface area contributed by atoms with Gasteiger partial charge in [-0.2, -0.15) is 0 Å². The van der Waals surface area contributed by atoms with Gasteiger partial charge in [-0.05, 0) is 37.6 Å². The van der Waals surface area contributed by atoms with Crippen LogP contribution in [0.15, 0.2) is 30.5 Å². The van der Waals surface area contributed by atoms with Gasteiger partial charge in [0.05, 0.1) is 0 Å². The predicted octanol–water partition coefficient (Wildman–Crippen LogP) is 5.24. The molecule has 0 atom stereocenters. The highest BCUT2D eigenvalue weighted by atomic mass is 79.9. The highest BCUT2D eigenvalue weighted by Gasteiger charge is 2.01. The Labute approximate surface area is 139 Å². The zero-order chi connectivity index (χ0) is 14.0. The molecule has 0 spiro atoms. The summed E-state index contributed by atoms with van der Waals surface area (Å²) in [6, 6.07) is 8.54. The van der Waals surface area contributed by atoms with Crippen molar-refractivity contribution in [3.8, 4) is 0 Å². The summed E-state index contributed by atoms with van der Waals surface area (Å²) in [5.41, 5.74) is 2.68. The number of para-hydroxylation sites is 1. The van der Waals surface area contributed by atoms with Gasteiger partial charge < -0.3 is 10.3 Å². The number of unbranched alkanes of at least 4 members (excludes halogenated alkanes) is 5. The van der Waals surface area contributed by atoms with Gasteiger partial charge >= 0.3 is 0 Å². The second-order valence-corrected chi connectivity index (χ2v) is 5.63. The van der Waals surface area contributed by atoms with E-state index in [4.69, 9.17) is 0 Å². The second kappa shape index (κ2) is 10.9. The maximum atomic E-state index is 3.57. The molecule has 0 aliphatic heterocycles. The molecule has 0 bridgehead atoms. The Morgan fingerprint density at radius 2 is 1.71 bits per heavy atom. The van der Waals surface area contributed by atoms with E-state index in [9.17, 15) is 0 Å². The lowest BCUT2D eigenvalue weighted by Crippen LogP contribution is -2.18. The lowest BCUT2D eigenvalue weighted by molar-refractivity contribution is 0.573. The second-order valence-electron chi connectivity index (χ2n) is 5.63. The number of rotatable bonds is 10. The van der Waals surface area contributed by atoms with Gasteiger partial charge in [0, 0.05) is 17.1 Å². The molecule has 0 aliphatic carbocycles. The van der Waals surface area contributed by atoms with Crippen molar-refractivity contribution in [2.24, 2.45) is 0 Å². The van der Waals surface area contributed by atoms with Gasteiger partial charge in [-0.25, -0.2) is 0 Å². The van der Waals surface area contributed by atoms with Crippen LogP contribution in [0.2, 0.25) is 0 Å². The number of halogens is 1. The normalized spacial score (nSPS) is 10.7. The predicted molar refractivity (Wildman–Crippen MR) is 98.6 cm³/mol. The first-order chi connectivity index (χ1) is 9.92.